The summed E-state index contributed by atoms with van der Waals surface area (Å²) in [7, 11) is 9.51. The molecular weight excluding hydrogens is 1580 g/mol. The minimum Gasteiger partial charge on any atom is -0.492 e. The van der Waals surface area contributed by atoms with E-state index in [1.54, 1.807) is 52.5 Å². The second-order valence-corrected chi connectivity index (χ2v) is 25.8. The molecule has 0 aliphatic heterocycles. The predicted molar refractivity (Wildman–Crippen MR) is 428 cm³/mol. The van der Waals surface area contributed by atoms with E-state index in [1.165, 1.54) is 9.80 Å². The molecular formula is C78H145N7O34. The monoisotopic (exact) mass is 1720 g/mol. The molecule has 0 saturated carbocycles. The molecule has 4 N–H and O–H groups in total. The van der Waals surface area contributed by atoms with Crippen LogP contribution >= 0.6 is 0 Å². The van der Waals surface area contributed by atoms with Crippen LogP contribution in [0, 0.1) is 5.92 Å². The maximum Gasteiger partial charge on any atom is 0.333 e. The van der Waals surface area contributed by atoms with Crippen LogP contribution in [0.2, 0.25) is 0 Å². The summed E-state index contributed by atoms with van der Waals surface area (Å²) >= 11 is 0. The highest BCUT2D eigenvalue weighted by atomic mass is 16.7. The Labute approximate surface area is 703 Å². The lowest BCUT2D eigenvalue weighted by atomic mass is 9.95. The van der Waals surface area contributed by atoms with Gasteiger partial charge in [-0.25, -0.2) is 4.79 Å². The third-order valence-corrected chi connectivity index (χ3v) is 16.6. The predicted octanol–water partition coefficient (Wildman–Crippen LogP) is -0.685. The lowest BCUT2D eigenvalue weighted by molar-refractivity contribution is -0.147. The Bertz CT molecular complexity index is 2470. The maximum atomic E-state index is 15.3. The van der Waals surface area contributed by atoms with E-state index >= 15 is 4.79 Å². The maximum absolute atomic E-state index is 15.3. The molecule has 119 heavy (non-hydrogen) atoms. The molecule has 0 aromatic carbocycles. The lowest BCUT2D eigenvalue weighted by Gasteiger charge is -2.29. The SMILES string of the molecule is COCCOCCOCCOCCN(CCOCCOCCOCCOC)C(=O)CCCNC(=O)CN(CCOCCOCCOCCOC)C(=O)CC(CCCC(=O)On1c(O)ccc1O)C(=O)N(CCOCCOCCOCCOC)CC(=O)NCCCC(=O)N(CCOCCOCCOCCOC)CCOCCOCCOCCOC. The van der Waals surface area contributed by atoms with E-state index in [-0.39, 0.29) is 215 Å². The molecule has 1 unspecified atom stereocenters. The number of nitrogens with one attached hydrogen (secondary N) is 2. The van der Waals surface area contributed by atoms with Crippen molar-refractivity contribution in [3.8, 4) is 11.8 Å². The highest BCUT2D eigenvalue weighted by Crippen LogP contribution is 2.22. The highest BCUT2D eigenvalue weighted by Gasteiger charge is 2.31. The van der Waals surface area contributed by atoms with Gasteiger partial charge < -0.3 is 159 Å². The van der Waals surface area contributed by atoms with Crippen LogP contribution in [0.5, 0.6) is 11.8 Å². The van der Waals surface area contributed by atoms with Gasteiger partial charge in [0.15, 0.2) is 0 Å². The Hall–Kier alpha value is -5.79. The van der Waals surface area contributed by atoms with Gasteiger partial charge in [-0.2, -0.15) is 0 Å². The van der Waals surface area contributed by atoms with E-state index in [2.05, 4.69) is 10.6 Å². The van der Waals surface area contributed by atoms with Crippen LogP contribution in [0.3, 0.4) is 0 Å². The Morgan fingerprint density at radius 3 is 0.807 bits per heavy atom. The number of carbonyl (C=O) groups excluding carboxylic acids is 7. The van der Waals surface area contributed by atoms with Crippen LogP contribution in [-0.2, 0) is 147 Å². The number of rotatable bonds is 92. The highest BCUT2D eigenvalue weighted by molar-refractivity contribution is 5.90. The molecule has 41 heteroatoms. The molecule has 1 aromatic heterocycles. The van der Waals surface area contributed by atoms with E-state index in [9.17, 15) is 39.0 Å². The second kappa shape index (κ2) is 84.4. The zero-order chi connectivity index (χ0) is 86.6. The van der Waals surface area contributed by atoms with Gasteiger partial charge in [-0.05, 0) is 25.7 Å². The van der Waals surface area contributed by atoms with Crippen LogP contribution < -0.4 is 15.5 Å². The number of hydrogen-bond donors (Lipinski definition) is 4. The van der Waals surface area contributed by atoms with Gasteiger partial charge in [0.25, 0.3) is 0 Å². The number of ether oxygens (including phenoxy) is 24. The van der Waals surface area contributed by atoms with Crippen LogP contribution in [0.1, 0.15) is 51.4 Å². The summed E-state index contributed by atoms with van der Waals surface area (Å²) < 4.78 is 132. The second-order valence-electron chi connectivity index (χ2n) is 25.8. The van der Waals surface area contributed by atoms with Gasteiger partial charge >= 0.3 is 5.97 Å². The number of amides is 6. The Morgan fingerprint density at radius 1 is 0.303 bits per heavy atom. The molecule has 0 aliphatic carbocycles. The van der Waals surface area contributed by atoms with Crippen molar-refractivity contribution < 1.29 is 162 Å². The van der Waals surface area contributed by atoms with Gasteiger partial charge in [0.05, 0.1) is 291 Å². The molecule has 0 aliphatic rings. The molecule has 1 rings (SSSR count). The van der Waals surface area contributed by atoms with Crippen molar-refractivity contribution in [3.05, 3.63) is 12.1 Å². The fourth-order valence-electron chi connectivity index (χ4n) is 10.2. The first kappa shape index (κ1) is 111. The third kappa shape index (κ3) is 68.4. The number of carbonyl (C=O) groups is 7. The third-order valence-electron chi connectivity index (χ3n) is 16.6. The first-order valence-electron chi connectivity index (χ1n) is 41.1. The molecule has 0 bridgehead atoms. The first-order chi connectivity index (χ1) is 58.3. The average Bonchev–Trinajstić information content (AvgIpc) is 1.85. The fourth-order valence-corrected chi connectivity index (χ4v) is 10.2. The summed E-state index contributed by atoms with van der Waals surface area (Å²) in [5, 5.41) is 26.1. The molecule has 0 radical (unpaired) electrons. The van der Waals surface area contributed by atoms with Crippen molar-refractivity contribution in [1.82, 2.24) is 35.0 Å². The smallest absolute Gasteiger partial charge is 0.333 e. The fraction of sp³-hybridized carbons (Fsp3) is 0.859. The molecule has 6 amide bonds. The number of hydrogen-bond acceptors (Lipinski definition) is 34. The quantitative estimate of drug-likeness (QED) is 0.0587. The Kier molecular flexibility index (Phi) is 78.9. The number of aromatic nitrogens is 1. The summed E-state index contributed by atoms with van der Waals surface area (Å²) in [5.41, 5.74) is 0. The molecule has 1 aromatic rings. The number of nitrogens with zero attached hydrogens (tertiary/aromatic N) is 5. The zero-order valence-corrected chi connectivity index (χ0v) is 71.9. The topological polar surface area (TPSA) is 433 Å². The standard InChI is InChI=1S/C78H145N7O34/c1-95-30-36-107-54-60-113-48-42-101-24-18-81(19-25-102-43-49-114-61-55-108-37-31-96-2)72(88)11-8-16-79-70(86)67-83(22-28-105-46-52-117-64-58-111-40-34-99-5)76(92)66-69(10-7-13-77(93)119-85-74(90)14-15-75(85)91)78(94)84(23-29-106-47-53-118-65-59-112-41-35-100-6)68-71(87)80-17-9-12-73(89)82(20-26-103-44-50-115-62-56-109-38-32-97-3)21-27-104-45-51-116-63-57-110-39-33-98-4/h14-15,69,90-91H,7-13,16-68H2,1-6H3,(H,79,86)(H,80,87). The van der Waals surface area contributed by atoms with E-state index in [0.717, 1.165) is 12.1 Å². The summed E-state index contributed by atoms with van der Waals surface area (Å²) in [6.45, 7) is 12.9. The normalized spacial score (nSPS) is 11.7. The van der Waals surface area contributed by atoms with Gasteiger partial charge in [-0.1, -0.05) is 0 Å². The molecule has 0 saturated heterocycles. The summed E-state index contributed by atoms with van der Waals surface area (Å²) in [6.07, 6.45) is -0.677. The molecule has 0 spiro atoms. The minimum atomic E-state index is -1.25. The van der Waals surface area contributed by atoms with Crippen molar-refractivity contribution in [3.63, 3.8) is 0 Å². The van der Waals surface area contributed by atoms with Gasteiger partial charge in [0.2, 0.25) is 47.2 Å². The number of aromatic hydroxyl groups is 2. The lowest BCUT2D eigenvalue weighted by Crippen LogP contribution is -2.47. The Balaban J connectivity index is 3.51. The average molecular weight is 1730 g/mol. The number of methoxy groups -OCH3 is 6. The largest absolute Gasteiger partial charge is 0.492 e. The van der Waals surface area contributed by atoms with Crippen LogP contribution in [0.25, 0.3) is 0 Å². The Morgan fingerprint density at radius 2 is 0.538 bits per heavy atom. The van der Waals surface area contributed by atoms with Crippen molar-refractivity contribution in [1.29, 1.82) is 0 Å². The summed E-state index contributed by atoms with van der Waals surface area (Å²) in [5.74, 6) is -6.28. The van der Waals surface area contributed by atoms with Crippen LogP contribution in [0.15, 0.2) is 12.1 Å². The van der Waals surface area contributed by atoms with Gasteiger partial charge in [-0.15, -0.1) is 4.73 Å². The molecule has 1 heterocycles. The van der Waals surface area contributed by atoms with E-state index in [0.29, 0.717) is 177 Å². The first-order valence-corrected chi connectivity index (χ1v) is 41.1. The van der Waals surface area contributed by atoms with Gasteiger partial charge in [0.1, 0.15) is 0 Å². The molecule has 0 fully saturated rings. The van der Waals surface area contributed by atoms with Gasteiger partial charge in [-0.3, -0.25) is 28.8 Å². The minimum absolute atomic E-state index is 0.0221. The summed E-state index contributed by atoms with van der Waals surface area (Å²) in [4.78, 5) is 110. The van der Waals surface area contributed by atoms with Crippen molar-refractivity contribution >= 4 is 41.4 Å². The molecule has 41 nitrogen and oxygen atoms in total. The molecule has 696 valence electrons. The van der Waals surface area contributed by atoms with Crippen molar-refractivity contribution in [2.75, 3.05) is 386 Å². The van der Waals surface area contributed by atoms with E-state index < -0.39 is 66.8 Å². The van der Waals surface area contributed by atoms with Crippen molar-refractivity contribution in [2.45, 2.75) is 51.4 Å². The molecule has 1 atom stereocenters. The van der Waals surface area contributed by atoms with Gasteiger partial charge in [0, 0.05) is 139 Å². The van der Waals surface area contributed by atoms with E-state index in [4.69, 9.17) is 119 Å². The van der Waals surface area contributed by atoms with Crippen LogP contribution in [-0.4, -0.2) is 462 Å². The zero-order valence-electron chi connectivity index (χ0n) is 71.9. The summed E-state index contributed by atoms with van der Waals surface area (Å²) in [6, 6.07) is 2.22. The van der Waals surface area contributed by atoms with E-state index in [1.807, 2.05) is 0 Å². The van der Waals surface area contributed by atoms with Crippen LogP contribution in [0.4, 0.5) is 0 Å². The van der Waals surface area contributed by atoms with Crippen molar-refractivity contribution in [2.24, 2.45) is 5.92 Å².